The standard InChI is InChI=1S/C18H21N3O2/c1-18(2,3)23-17(22)21-11-14-6-4-5-7-16(14)15(12-21)10-20-9-8-19-13-20/h4-9,12-13H,10-11H2,1-3H3. The molecule has 5 nitrogen and oxygen atoms in total. The Balaban J connectivity index is 1.90. The lowest BCUT2D eigenvalue weighted by Gasteiger charge is -2.30. The number of ether oxygens (including phenoxy) is 1. The highest BCUT2D eigenvalue weighted by molar-refractivity contribution is 5.77. The van der Waals surface area contributed by atoms with Crippen LogP contribution in [0.5, 0.6) is 0 Å². The fourth-order valence-electron chi connectivity index (χ4n) is 2.60. The lowest BCUT2D eigenvalue weighted by Crippen LogP contribution is -2.35. The van der Waals surface area contributed by atoms with Crippen molar-refractivity contribution in [1.29, 1.82) is 0 Å². The third-order valence-electron chi connectivity index (χ3n) is 3.56. The average molecular weight is 311 g/mol. The molecule has 0 saturated heterocycles. The second-order valence-corrected chi connectivity index (χ2v) is 6.65. The third-order valence-corrected chi connectivity index (χ3v) is 3.56. The molecule has 1 aliphatic rings. The van der Waals surface area contributed by atoms with E-state index in [9.17, 15) is 4.79 Å². The molecule has 120 valence electrons. The smallest absolute Gasteiger partial charge is 0.414 e. The van der Waals surface area contributed by atoms with E-state index in [1.165, 1.54) is 5.56 Å². The second kappa shape index (κ2) is 5.91. The van der Waals surface area contributed by atoms with Crippen LogP contribution in [0.15, 0.2) is 49.2 Å². The first kappa shape index (κ1) is 15.3. The van der Waals surface area contributed by atoms with E-state index in [1.807, 2.05) is 55.9 Å². The number of rotatable bonds is 2. The highest BCUT2D eigenvalue weighted by atomic mass is 16.6. The van der Waals surface area contributed by atoms with Crippen LogP contribution in [0.1, 0.15) is 31.9 Å². The van der Waals surface area contributed by atoms with Crippen molar-refractivity contribution in [3.05, 3.63) is 60.3 Å². The fraction of sp³-hybridized carbons (Fsp3) is 0.333. The van der Waals surface area contributed by atoms with E-state index in [1.54, 1.807) is 17.4 Å². The van der Waals surface area contributed by atoms with E-state index in [4.69, 9.17) is 4.74 Å². The van der Waals surface area contributed by atoms with Crippen LogP contribution >= 0.6 is 0 Å². The molecule has 0 radical (unpaired) electrons. The van der Waals surface area contributed by atoms with Crippen LogP contribution in [-0.4, -0.2) is 26.1 Å². The molecule has 3 rings (SSSR count). The van der Waals surface area contributed by atoms with Crippen molar-refractivity contribution >= 4 is 11.7 Å². The van der Waals surface area contributed by atoms with Crippen LogP contribution in [-0.2, 0) is 17.8 Å². The molecule has 0 saturated carbocycles. The summed E-state index contributed by atoms with van der Waals surface area (Å²) in [4.78, 5) is 18.1. The van der Waals surface area contributed by atoms with Crippen molar-refractivity contribution in [3.63, 3.8) is 0 Å². The fourth-order valence-corrected chi connectivity index (χ4v) is 2.60. The topological polar surface area (TPSA) is 47.4 Å². The number of benzene rings is 1. The summed E-state index contributed by atoms with van der Waals surface area (Å²) in [5.41, 5.74) is 2.85. The molecule has 0 bridgehead atoms. The Morgan fingerprint density at radius 1 is 1.30 bits per heavy atom. The minimum Gasteiger partial charge on any atom is -0.443 e. The van der Waals surface area contributed by atoms with Gasteiger partial charge >= 0.3 is 6.09 Å². The van der Waals surface area contributed by atoms with Gasteiger partial charge in [0.2, 0.25) is 0 Å². The Hall–Kier alpha value is -2.56. The molecular weight excluding hydrogens is 290 g/mol. The summed E-state index contributed by atoms with van der Waals surface area (Å²) in [5.74, 6) is 0. The van der Waals surface area contributed by atoms with Crippen molar-refractivity contribution < 1.29 is 9.53 Å². The summed E-state index contributed by atoms with van der Waals surface area (Å²) < 4.78 is 7.49. The summed E-state index contributed by atoms with van der Waals surface area (Å²) in [6.45, 7) is 6.81. The number of hydrogen-bond acceptors (Lipinski definition) is 3. The van der Waals surface area contributed by atoms with Gasteiger partial charge < -0.3 is 9.30 Å². The summed E-state index contributed by atoms with van der Waals surface area (Å²) >= 11 is 0. The Morgan fingerprint density at radius 2 is 2.09 bits per heavy atom. The zero-order chi connectivity index (χ0) is 16.4. The van der Waals surface area contributed by atoms with Crippen molar-refractivity contribution in [2.75, 3.05) is 0 Å². The van der Waals surface area contributed by atoms with Gasteiger partial charge in [0.15, 0.2) is 0 Å². The van der Waals surface area contributed by atoms with Gasteiger partial charge in [-0.25, -0.2) is 9.78 Å². The lowest BCUT2D eigenvalue weighted by molar-refractivity contribution is 0.0321. The molecule has 0 unspecified atom stereocenters. The summed E-state index contributed by atoms with van der Waals surface area (Å²) in [5, 5.41) is 0. The maximum atomic E-state index is 12.4. The molecule has 1 aliphatic heterocycles. The largest absolute Gasteiger partial charge is 0.443 e. The van der Waals surface area contributed by atoms with E-state index in [0.29, 0.717) is 13.1 Å². The van der Waals surface area contributed by atoms with Gasteiger partial charge in [0.1, 0.15) is 5.60 Å². The third kappa shape index (κ3) is 3.62. The molecule has 0 aliphatic carbocycles. The molecule has 0 fully saturated rings. The van der Waals surface area contributed by atoms with Gasteiger partial charge in [-0.15, -0.1) is 0 Å². The van der Waals surface area contributed by atoms with Crippen molar-refractivity contribution in [1.82, 2.24) is 14.5 Å². The molecule has 2 aromatic rings. The lowest BCUT2D eigenvalue weighted by atomic mass is 9.97. The average Bonchev–Trinajstić information content (AvgIpc) is 2.98. The first-order valence-electron chi connectivity index (χ1n) is 7.67. The number of nitrogens with zero attached hydrogens (tertiary/aromatic N) is 3. The van der Waals surface area contributed by atoms with Gasteiger partial charge in [0.25, 0.3) is 0 Å². The van der Waals surface area contributed by atoms with Crippen molar-refractivity contribution in [2.45, 2.75) is 39.5 Å². The molecule has 2 heterocycles. The Bertz CT molecular complexity index is 727. The van der Waals surface area contributed by atoms with Gasteiger partial charge in [0, 0.05) is 18.6 Å². The number of aromatic nitrogens is 2. The van der Waals surface area contributed by atoms with Crippen molar-refractivity contribution in [2.24, 2.45) is 0 Å². The molecule has 0 N–H and O–H groups in total. The zero-order valence-corrected chi connectivity index (χ0v) is 13.7. The Kier molecular flexibility index (Phi) is 3.94. The van der Waals surface area contributed by atoms with Gasteiger partial charge in [0.05, 0.1) is 19.4 Å². The monoisotopic (exact) mass is 311 g/mol. The molecular formula is C18H21N3O2. The molecule has 1 aromatic heterocycles. The molecule has 1 amide bonds. The second-order valence-electron chi connectivity index (χ2n) is 6.65. The minimum absolute atomic E-state index is 0.324. The van der Waals surface area contributed by atoms with E-state index in [2.05, 4.69) is 11.1 Å². The Labute approximate surface area is 136 Å². The molecule has 23 heavy (non-hydrogen) atoms. The first-order chi connectivity index (χ1) is 10.9. The van der Waals surface area contributed by atoms with Crippen LogP contribution in [0.25, 0.3) is 5.57 Å². The SMILES string of the molecule is CC(C)(C)OC(=O)N1C=C(Cn2ccnc2)c2ccccc2C1. The highest BCUT2D eigenvalue weighted by Gasteiger charge is 2.25. The maximum absolute atomic E-state index is 12.4. The molecule has 0 spiro atoms. The van der Waals surface area contributed by atoms with Crippen LogP contribution in [0.3, 0.4) is 0 Å². The van der Waals surface area contributed by atoms with E-state index < -0.39 is 5.60 Å². The van der Waals surface area contributed by atoms with E-state index in [-0.39, 0.29) is 6.09 Å². The van der Waals surface area contributed by atoms with Crippen LogP contribution in [0.4, 0.5) is 4.79 Å². The number of hydrogen-bond donors (Lipinski definition) is 0. The van der Waals surface area contributed by atoms with E-state index in [0.717, 1.165) is 11.1 Å². The van der Waals surface area contributed by atoms with Crippen LogP contribution in [0.2, 0.25) is 0 Å². The number of amides is 1. The number of carbonyl (C=O) groups excluding carboxylic acids is 1. The van der Waals surface area contributed by atoms with Gasteiger partial charge in [-0.1, -0.05) is 24.3 Å². The molecule has 5 heteroatoms. The number of fused-ring (bicyclic) bond motifs is 1. The normalized spacial score (nSPS) is 14.2. The molecule has 1 aromatic carbocycles. The van der Waals surface area contributed by atoms with Gasteiger partial charge in [-0.3, -0.25) is 4.90 Å². The number of imidazole rings is 1. The van der Waals surface area contributed by atoms with Gasteiger partial charge in [-0.2, -0.15) is 0 Å². The molecule has 0 atom stereocenters. The Morgan fingerprint density at radius 3 is 2.78 bits per heavy atom. The predicted molar refractivity (Wildman–Crippen MR) is 88.4 cm³/mol. The van der Waals surface area contributed by atoms with Gasteiger partial charge in [-0.05, 0) is 37.5 Å². The summed E-state index contributed by atoms with van der Waals surface area (Å²) in [7, 11) is 0. The van der Waals surface area contributed by atoms with E-state index >= 15 is 0 Å². The number of allylic oxidation sites excluding steroid dienone is 1. The number of carbonyl (C=O) groups is 1. The summed E-state index contributed by atoms with van der Waals surface area (Å²) in [6, 6.07) is 8.15. The van der Waals surface area contributed by atoms with Crippen LogP contribution in [0, 0.1) is 0 Å². The summed E-state index contributed by atoms with van der Waals surface area (Å²) in [6.07, 6.45) is 7.00. The highest BCUT2D eigenvalue weighted by Crippen LogP contribution is 2.28. The zero-order valence-electron chi connectivity index (χ0n) is 13.7. The quantitative estimate of drug-likeness (QED) is 0.850. The maximum Gasteiger partial charge on any atom is 0.414 e. The van der Waals surface area contributed by atoms with Crippen molar-refractivity contribution in [3.8, 4) is 0 Å². The predicted octanol–water partition coefficient (Wildman–Crippen LogP) is 3.67. The first-order valence-corrected chi connectivity index (χ1v) is 7.67. The minimum atomic E-state index is -0.508. The van der Waals surface area contributed by atoms with Crippen LogP contribution < -0.4 is 0 Å².